The molecule has 0 heterocycles. The lowest BCUT2D eigenvalue weighted by Gasteiger charge is -2.44. The van der Waals surface area contributed by atoms with Gasteiger partial charge >= 0.3 is 0 Å². The molecule has 0 aromatic heterocycles. The molecule has 2 heteroatoms. The molecule has 6 atom stereocenters. The Balaban J connectivity index is 3.27. The number of hydrogen-bond acceptors (Lipinski definition) is 2. The van der Waals surface area contributed by atoms with E-state index in [9.17, 15) is 0 Å². The van der Waals surface area contributed by atoms with E-state index in [1.54, 1.807) is 5.57 Å². The van der Waals surface area contributed by atoms with Crippen LogP contribution in [-0.2, 0) is 0 Å². The van der Waals surface area contributed by atoms with Gasteiger partial charge in [-0.25, -0.2) is 0 Å². The normalized spacial score (nSPS) is 19.2. The molecule has 0 bridgehead atoms. The van der Waals surface area contributed by atoms with E-state index in [2.05, 4.69) is 46.4 Å². The highest BCUT2D eigenvalue weighted by Crippen LogP contribution is 2.44. The summed E-state index contributed by atoms with van der Waals surface area (Å²) in [5, 5.41) is 0. The van der Waals surface area contributed by atoms with Crippen LogP contribution in [0.3, 0.4) is 0 Å². The Bertz CT molecular complexity index is 553. The van der Waals surface area contributed by atoms with E-state index < -0.39 is 0 Å². The predicted molar refractivity (Wildman–Crippen MR) is 163 cm³/mol. The van der Waals surface area contributed by atoms with E-state index in [4.69, 9.17) is 11.5 Å². The van der Waals surface area contributed by atoms with Crippen molar-refractivity contribution in [1.82, 2.24) is 0 Å². The fourth-order valence-electron chi connectivity index (χ4n) is 6.91. The molecular formula is C34H66N2. The Labute approximate surface area is 227 Å². The number of hydrogen-bond donors (Lipinski definition) is 2. The first-order valence-corrected chi connectivity index (χ1v) is 16.4. The van der Waals surface area contributed by atoms with Crippen molar-refractivity contribution in [2.45, 2.75) is 168 Å². The highest BCUT2D eigenvalue weighted by Gasteiger charge is 2.40. The van der Waals surface area contributed by atoms with Crippen molar-refractivity contribution in [3.05, 3.63) is 24.3 Å². The summed E-state index contributed by atoms with van der Waals surface area (Å²) in [6.45, 7) is 13.7. The van der Waals surface area contributed by atoms with Gasteiger partial charge in [0, 0.05) is 12.1 Å². The van der Waals surface area contributed by atoms with Crippen LogP contribution in [0.25, 0.3) is 0 Å². The minimum Gasteiger partial charge on any atom is -0.327 e. The van der Waals surface area contributed by atoms with Crippen LogP contribution in [0.1, 0.15) is 156 Å². The molecule has 0 aromatic rings. The Hall–Kier alpha value is -0.600. The highest BCUT2D eigenvalue weighted by atomic mass is 14.7. The Morgan fingerprint density at radius 2 is 1.31 bits per heavy atom. The largest absolute Gasteiger partial charge is 0.327 e. The van der Waals surface area contributed by atoms with Gasteiger partial charge in [0.15, 0.2) is 0 Å². The molecule has 1 rings (SSSR count). The molecule has 0 saturated heterocycles. The predicted octanol–water partition coefficient (Wildman–Crippen LogP) is 10.1. The van der Waals surface area contributed by atoms with Crippen molar-refractivity contribution in [2.75, 3.05) is 0 Å². The second-order valence-electron chi connectivity index (χ2n) is 12.0. The van der Waals surface area contributed by atoms with Gasteiger partial charge < -0.3 is 11.5 Å². The molecule has 1 aliphatic rings. The standard InChI is InChI=1S/C34H66N2/c1-6-11-14-18-23-28(9-4)33(29-24-19-17-20-25-29)34(32(36)27-22-16-13-8-3)30(10-5)31(35)26-21-15-12-7-2/h10,24,28,30-34H,5-9,11-23,25-27,35-36H2,1-4H3. The molecule has 0 saturated carbocycles. The molecule has 0 radical (unpaired) electrons. The van der Waals surface area contributed by atoms with Crippen LogP contribution in [0.4, 0.5) is 0 Å². The summed E-state index contributed by atoms with van der Waals surface area (Å²) in [5.74, 6) is 2.02. The number of rotatable bonds is 23. The zero-order valence-electron chi connectivity index (χ0n) is 25.1. The molecule has 6 unspecified atom stereocenters. The quantitative estimate of drug-likeness (QED) is 0.108. The van der Waals surface area contributed by atoms with Crippen LogP contribution in [0.5, 0.6) is 0 Å². The zero-order chi connectivity index (χ0) is 26.6. The van der Waals surface area contributed by atoms with Crippen LogP contribution in [0.2, 0.25) is 0 Å². The molecule has 0 aromatic carbocycles. The lowest BCUT2D eigenvalue weighted by Crippen LogP contribution is -2.48. The SMILES string of the molecule is C=CC(C(N)CCCCCC)C(C(N)CCCCCC)C(C1=CCCCC1)C(CC)CCCCCC. The molecule has 0 aliphatic heterocycles. The van der Waals surface area contributed by atoms with Gasteiger partial charge in [0.25, 0.3) is 0 Å². The maximum atomic E-state index is 7.24. The third-order valence-corrected chi connectivity index (χ3v) is 9.12. The van der Waals surface area contributed by atoms with Gasteiger partial charge in [-0.15, -0.1) is 6.58 Å². The molecule has 0 amide bonds. The molecule has 1 aliphatic carbocycles. The van der Waals surface area contributed by atoms with E-state index in [-0.39, 0.29) is 12.1 Å². The van der Waals surface area contributed by atoms with E-state index >= 15 is 0 Å². The fourth-order valence-corrected chi connectivity index (χ4v) is 6.91. The maximum absolute atomic E-state index is 7.24. The van der Waals surface area contributed by atoms with Gasteiger partial charge in [0.1, 0.15) is 0 Å². The van der Waals surface area contributed by atoms with Crippen molar-refractivity contribution in [3.8, 4) is 0 Å². The summed E-state index contributed by atoms with van der Waals surface area (Å²) < 4.78 is 0. The first-order chi connectivity index (χ1) is 17.5. The lowest BCUT2D eigenvalue weighted by atomic mass is 9.62. The fraction of sp³-hybridized carbons (Fsp3) is 0.882. The summed E-state index contributed by atoms with van der Waals surface area (Å²) in [6.07, 6.45) is 30.6. The van der Waals surface area contributed by atoms with Crippen molar-refractivity contribution in [3.63, 3.8) is 0 Å². The van der Waals surface area contributed by atoms with E-state index in [0.717, 1.165) is 12.8 Å². The van der Waals surface area contributed by atoms with E-state index in [1.165, 1.54) is 116 Å². The summed E-state index contributed by atoms with van der Waals surface area (Å²) in [4.78, 5) is 0. The number of allylic oxidation sites excluding steroid dienone is 2. The van der Waals surface area contributed by atoms with Gasteiger partial charge in [0.2, 0.25) is 0 Å². The average molecular weight is 503 g/mol. The topological polar surface area (TPSA) is 52.0 Å². The van der Waals surface area contributed by atoms with Crippen LogP contribution >= 0.6 is 0 Å². The van der Waals surface area contributed by atoms with Crippen LogP contribution < -0.4 is 11.5 Å². The summed E-state index contributed by atoms with van der Waals surface area (Å²) in [6, 6.07) is 0.388. The van der Waals surface area contributed by atoms with Crippen LogP contribution in [0, 0.1) is 23.7 Å². The third kappa shape index (κ3) is 12.3. The first kappa shape index (κ1) is 33.4. The minimum atomic E-state index is 0.176. The summed E-state index contributed by atoms with van der Waals surface area (Å²) >= 11 is 0. The van der Waals surface area contributed by atoms with Crippen molar-refractivity contribution >= 4 is 0 Å². The molecule has 0 spiro atoms. The van der Waals surface area contributed by atoms with Gasteiger partial charge in [-0.05, 0) is 68.6 Å². The lowest BCUT2D eigenvalue weighted by molar-refractivity contribution is 0.141. The Morgan fingerprint density at radius 3 is 1.78 bits per heavy atom. The molecule has 0 fully saturated rings. The minimum absolute atomic E-state index is 0.176. The van der Waals surface area contributed by atoms with Gasteiger partial charge in [0.05, 0.1) is 0 Å². The summed E-state index contributed by atoms with van der Waals surface area (Å²) in [7, 11) is 0. The third-order valence-electron chi connectivity index (χ3n) is 9.12. The Morgan fingerprint density at radius 1 is 0.750 bits per heavy atom. The maximum Gasteiger partial charge on any atom is 0.0105 e. The number of nitrogens with two attached hydrogens (primary N) is 2. The van der Waals surface area contributed by atoms with Crippen LogP contribution in [0.15, 0.2) is 24.3 Å². The monoisotopic (exact) mass is 503 g/mol. The zero-order valence-corrected chi connectivity index (χ0v) is 25.1. The van der Waals surface area contributed by atoms with Crippen molar-refractivity contribution in [2.24, 2.45) is 35.1 Å². The first-order valence-electron chi connectivity index (χ1n) is 16.4. The van der Waals surface area contributed by atoms with E-state index in [0.29, 0.717) is 23.7 Å². The number of unbranched alkanes of at least 4 members (excludes halogenated alkanes) is 9. The molecule has 212 valence electrons. The molecule has 2 nitrogen and oxygen atoms in total. The smallest absolute Gasteiger partial charge is 0.0105 e. The average Bonchev–Trinajstić information content (AvgIpc) is 2.90. The van der Waals surface area contributed by atoms with Crippen molar-refractivity contribution in [1.29, 1.82) is 0 Å². The van der Waals surface area contributed by atoms with Gasteiger partial charge in [-0.1, -0.05) is 129 Å². The van der Waals surface area contributed by atoms with Gasteiger partial charge in [-0.2, -0.15) is 0 Å². The molecule has 36 heavy (non-hydrogen) atoms. The second kappa shape index (κ2) is 21.3. The van der Waals surface area contributed by atoms with Gasteiger partial charge in [-0.3, -0.25) is 0 Å². The molecule has 4 N–H and O–H groups in total. The molecular weight excluding hydrogens is 436 g/mol. The van der Waals surface area contributed by atoms with Crippen molar-refractivity contribution < 1.29 is 0 Å². The summed E-state index contributed by atoms with van der Waals surface area (Å²) in [5.41, 5.74) is 16.0. The Kier molecular flexibility index (Phi) is 19.8. The van der Waals surface area contributed by atoms with E-state index in [1.807, 2.05) is 0 Å². The second-order valence-corrected chi connectivity index (χ2v) is 12.0. The van der Waals surface area contributed by atoms with Crippen LogP contribution in [-0.4, -0.2) is 12.1 Å². The highest BCUT2D eigenvalue weighted by molar-refractivity contribution is 5.16.